The first-order chi connectivity index (χ1) is 7.16. The van der Waals surface area contributed by atoms with Gasteiger partial charge in [0, 0.05) is 16.2 Å². The van der Waals surface area contributed by atoms with Gasteiger partial charge >= 0.3 is 0 Å². The second kappa shape index (κ2) is 4.29. The lowest BCUT2D eigenvalue weighted by Gasteiger charge is -2.04. The monoisotopic (exact) mass is 285 g/mol. The van der Waals surface area contributed by atoms with Gasteiger partial charge in [0.05, 0.1) is 0 Å². The predicted molar refractivity (Wildman–Crippen MR) is 62.3 cm³/mol. The van der Waals surface area contributed by atoms with E-state index in [1.54, 1.807) is 24.4 Å². The highest BCUT2D eigenvalue weighted by atomic mass is 79.9. The zero-order valence-corrected chi connectivity index (χ0v) is 9.89. The molecule has 0 aliphatic rings. The normalized spacial score (nSPS) is 10.3. The summed E-state index contributed by atoms with van der Waals surface area (Å²) in [5.74, 6) is -0.255. The molecule has 0 saturated carbocycles. The zero-order chi connectivity index (χ0) is 10.8. The Labute approximate surface area is 100 Å². The molecule has 0 radical (unpaired) electrons. The second-order valence-electron chi connectivity index (χ2n) is 2.99. The molecule has 0 fully saturated rings. The van der Waals surface area contributed by atoms with Crippen molar-refractivity contribution in [3.8, 4) is 11.1 Å². The highest BCUT2D eigenvalue weighted by molar-refractivity contribution is 9.10. The Balaban J connectivity index is 2.53. The third-order valence-corrected chi connectivity index (χ3v) is 2.82. The van der Waals surface area contributed by atoms with Crippen molar-refractivity contribution >= 4 is 27.5 Å². The first kappa shape index (κ1) is 10.6. The Hall–Kier alpha value is -0.930. The van der Waals surface area contributed by atoms with E-state index in [9.17, 15) is 4.39 Å². The summed E-state index contributed by atoms with van der Waals surface area (Å²) in [5.41, 5.74) is 1.79. The third-order valence-electron chi connectivity index (χ3n) is 1.98. The van der Waals surface area contributed by atoms with Crippen LogP contribution < -0.4 is 0 Å². The van der Waals surface area contributed by atoms with Gasteiger partial charge in [-0.3, -0.25) is 0 Å². The minimum Gasteiger partial charge on any atom is -0.243 e. The van der Waals surface area contributed by atoms with Crippen LogP contribution >= 0.6 is 27.5 Å². The molecule has 4 heteroatoms. The van der Waals surface area contributed by atoms with Crippen molar-refractivity contribution in [3.63, 3.8) is 0 Å². The molecule has 0 unspecified atom stereocenters. The topological polar surface area (TPSA) is 12.9 Å². The molecule has 1 aromatic heterocycles. The van der Waals surface area contributed by atoms with Crippen LogP contribution in [0, 0.1) is 5.82 Å². The van der Waals surface area contributed by atoms with Gasteiger partial charge in [-0.2, -0.15) is 0 Å². The van der Waals surface area contributed by atoms with Crippen LogP contribution in [0.4, 0.5) is 4.39 Å². The molecule has 76 valence electrons. The largest absolute Gasteiger partial charge is 0.243 e. The Kier molecular flexibility index (Phi) is 3.03. The maximum Gasteiger partial charge on any atom is 0.129 e. The van der Waals surface area contributed by atoms with E-state index in [0.717, 1.165) is 15.6 Å². The Morgan fingerprint density at radius 1 is 1.20 bits per heavy atom. The van der Waals surface area contributed by atoms with Gasteiger partial charge in [0.2, 0.25) is 0 Å². The Bertz CT molecular complexity index is 484. The molecule has 1 heterocycles. The number of benzene rings is 1. The predicted octanol–water partition coefficient (Wildman–Crippen LogP) is 4.30. The van der Waals surface area contributed by atoms with Crippen molar-refractivity contribution in [2.24, 2.45) is 0 Å². The standard InChI is InChI=1S/C11H6BrClFN/c12-10-6-15-11(13)5-9(10)7-1-3-8(14)4-2-7/h1-6H. The molecule has 0 spiro atoms. The summed E-state index contributed by atoms with van der Waals surface area (Å²) in [7, 11) is 0. The molecule has 0 saturated heterocycles. The van der Waals surface area contributed by atoms with Gasteiger partial charge in [-0.25, -0.2) is 9.37 Å². The fourth-order valence-electron chi connectivity index (χ4n) is 1.26. The summed E-state index contributed by atoms with van der Waals surface area (Å²) in [6.45, 7) is 0. The van der Waals surface area contributed by atoms with Gasteiger partial charge in [-0.05, 0) is 39.7 Å². The molecule has 0 bridgehead atoms. The number of rotatable bonds is 1. The number of hydrogen-bond donors (Lipinski definition) is 0. The number of halogens is 3. The summed E-state index contributed by atoms with van der Waals surface area (Å²) in [5, 5.41) is 0.414. The van der Waals surface area contributed by atoms with Crippen LogP contribution in [0.5, 0.6) is 0 Å². The molecular formula is C11H6BrClFN. The van der Waals surface area contributed by atoms with Gasteiger partial charge in [0.1, 0.15) is 11.0 Å². The van der Waals surface area contributed by atoms with Crippen molar-refractivity contribution < 1.29 is 4.39 Å². The fraction of sp³-hybridized carbons (Fsp3) is 0. The lowest BCUT2D eigenvalue weighted by atomic mass is 10.1. The number of hydrogen-bond acceptors (Lipinski definition) is 1. The van der Waals surface area contributed by atoms with E-state index in [0.29, 0.717) is 5.15 Å². The van der Waals surface area contributed by atoms with Crippen LogP contribution in [-0.4, -0.2) is 4.98 Å². The number of aromatic nitrogens is 1. The van der Waals surface area contributed by atoms with Crippen molar-refractivity contribution in [3.05, 3.63) is 52.0 Å². The molecule has 0 amide bonds. The van der Waals surface area contributed by atoms with Crippen molar-refractivity contribution in [2.45, 2.75) is 0 Å². The molecule has 15 heavy (non-hydrogen) atoms. The first-order valence-electron chi connectivity index (χ1n) is 4.24. The molecule has 2 rings (SSSR count). The molecular weight excluding hydrogens is 280 g/mol. The van der Waals surface area contributed by atoms with Crippen molar-refractivity contribution in [1.29, 1.82) is 0 Å². The van der Waals surface area contributed by atoms with Crippen LogP contribution in [0.25, 0.3) is 11.1 Å². The SMILES string of the molecule is Fc1ccc(-c2cc(Cl)ncc2Br)cc1. The fourth-order valence-corrected chi connectivity index (χ4v) is 1.87. The van der Waals surface area contributed by atoms with Gasteiger partial charge in [0.15, 0.2) is 0 Å². The summed E-state index contributed by atoms with van der Waals surface area (Å²) in [6.07, 6.45) is 1.63. The lowest BCUT2D eigenvalue weighted by Crippen LogP contribution is -1.83. The molecule has 0 aliphatic heterocycles. The van der Waals surface area contributed by atoms with Crippen molar-refractivity contribution in [2.75, 3.05) is 0 Å². The van der Waals surface area contributed by atoms with E-state index in [4.69, 9.17) is 11.6 Å². The van der Waals surface area contributed by atoms with Gasteiger partial charge < -0.3 is 0 Å². The average molecular weight is 287 g/mol. The summed E-state index contributed by atoms with van der Waals surface area (Å²) in [4.78, 5) is 3.93. The smallest absolute Gasteiger partial charge is 0.129 e. The van der Waals surface area contributed by atoms with Gasteiger partial charge in [0.25, 0.3) is 0 Å². The Morgan fingerprint density at radius 3 is 2.53 bits per heavy atom. The maximum atomic E-state index is 12.7. The van der Waals surface area contributed by atoms with E-state index in [1.807, 2.05) is 0 Å². The van der Waals surface area contributed by atoms with E-state index in [-0.39, 0.29) is 5.82 Å². The zero-order valence-electron chi connectivity index (χ0n) is 7.55. The van der Waals surface area contributed by atoms with Gasteiger partial charge in [-0.1, -0.05) is 23.7 Å². The molecule has 2 aromatic rings. The quantitative estimate of drug-likeness (QED) is 0.712. The molecule has 1 aromatic carbocycles. The molecule has 0 N–H and O–H groups in total. The first-order valence-corrected chi connectivity index (χ1v) is 5.41. The molecule has 1 nitrogen and oxygen atoms in total. The third kappa shape index (κ3) is 2.36. The van der Waals surface area contributed by atoms with E-state index in [1.165, 1.54) is 12.1 Å². The van der Waals surface area contributed by atoms with Crippen LogP contribution in [0.1, 0.15) is 0 Å². The number of nitrogens with zero attached hydrogens (tertiary/aromatic N) is 1. The van der Waals surface area contributed by atoms with Crippen LogP contribution in [0.15, 0.2) is 41.0 Å². The van der Waals surface area contributed by atoms with Crippen molar-refractivity contribution in [1.82, 2.24) is 4.98 Å². The van der Waals surface area contributed by atoms with Gasteiger partial charge in [-0.15, -0.1) is 0 Å². The lowest BCUT2D eigenvalue weighted by molar-refractivity contribution is 0.628. The highest BCUT2D eigenvalue weighted by Gasteiger charge is 2.04. The van der Waals surface area contributed by atoms with E-state index >= 15 is 0 Å². The van der Waals surface area contributed by atoms with Crippen LogP contribution in [0.3, 0.4) is 0 Å². The molecule has 0 atom stereocenters. The maximum absolute atomic E-state index is 12.7. The summed E-state index contributed by atoms with van der Waals surface area (Å²) in [6, 6.07) is 7.96. The van der Waals surface area contributed by atoms with E-state index in [2.05, 4.69) is 20.9 Å². The summed E-state index contributed by atoms with van der Waals surface area (Å²) >= 11 is 9.16. The van der Waals surface area contributed by atoms with E-state index < -0.39 is 0 Å². The van der Waals surface area contributed by atoms with Crippen LogP contribution in [-0.2, 0) is 0 Å². The average Bonchev–Trinajstić information content (AvgIpc) is 2.23. The molecule has 0 aliphatic carbocycles. The number of pyridine rings is 1. The minimum atomic E-state index is -0.255. The highest BCUT2D eigenvalue weighted by Crippen LogP contribution is 2.29. The minimum absolute atomic E-state index is 0.255. The summed E-state index contributed by atoms with van der Waals surface area (Å²) < 4.78 is 13.6. The van der Waals surface area contributed by atoms with Crippen LogP contribution in [0.2, 0.25) is 5.15 Å². The Morgan fingerprint density at radius 2 is 1.87 bits per heavy atom. The second-order valence-corrected chi connectivity index (χ2v) is 4.24.